The first kappa shape index (κ1) is 17.0. The molecule has 1 unspecified atom stereocenters. The molecule has 0 spiro atoms. The number of rotatable bonds is 8. The van der Waals surface area contributed by atoms with E-state index in [1.165, 1.54) is 56.2 Å². The molecule has 2 rings (SSSR count). The quantitative estimate of drug-likeness (QED) is 0.612. The van der Waals surface area contributed by atoms with E-state index in [0.29, 0.717) is 6.04 Å². The fourth-order valence-electron chi connectivity index (χ4n) is 3.85. The number of unbranched alkanes of at least 4 members (excludes halogenated alkanes) is 1. The van der Waals surface area contributed by atoms with Crippen molar-refractivity contribution in [2.24, 2.45) is 11.8 Å². The highest BCUT2D eigenvalue weighted by atomic mass is 32.1. The van der Waals surface area contributed by atoms with Crippen LogP contribution < -0.4 is 5.32 Å². The van der Waals surface area contributed by atoms with E-state index in [0.717, 1.165) is 18.4 Å². The maximum Gasteiger partial charge on any atom is 0.0359 e. The van der Waals surface area contributed by atoms with E-state index in [1.807, 2.05) is 11.3 Å². The Labute approximate surface area is 135 Å². The molecule has 0 aliphatic heterocycles. The lowest BCUT2D eigenvalue weighted by Gasteiger charge is -2.35. The fraction of sp³-hybridized carbons (Fsp3) is 0.789. The Hall–Kier alpha value is -0.340. The van der Waals surface area contributed by atoms with Crippen molar-refractivity contribution in [1.82, 2.24) is 5.32 Å². The van der Waals surface area contributed by atoms with Crippen LogP contribution in [0.2, 0.25) is 0 Å². The highest BCUT2D eigenvalue weighted by Crippen LogP contribution is 2.40. The van der Waals surface area contributed by atoms with Gasteiger partial charge in [0.2, 0.25) is 0 Å². The maximum atomic E-state index is 3.85. The minimum atomic E-state index is 0.600. The third-order valence-electron chi connectivity index (χ3n) is 5.18. The van der Waals surface area contributed by atoms with Crippen LogP contribution in [0, 0.1) is 18.8 Å². The summed E-state index contributed by atoms with van der Waals surface area (Å²) >= 11 is 1.90. The van der Waals surface area contributed by atoms with Gasteiger partial charge in [-0.3, -0.25) is 0 Å². The monoisotopic (exact) mass is 307 g/mol. The standard InChI is InChI=1S/C19H33NS/c1-4-6-7-16-8-10-17(11-9-16)19(20-13-5-2)18-12-14-21-15(18)3/h12,14,16-17,19-20H,4-11,13H2,1-3H3. The van der Waals surface area contributed by atoms with E-state index < -0.39 is 0 Å². The Bertz CT molecular complexity index is 390. The Morgan fingerprint density at radius 1 is 1.19 bits per heavy atom. The van der Waals surface area contributed by atoms with Gasteiger partial charge in [0, 0.05) is 10.9 Å². The second-order valence-corrected chi connectivity index (χ2v) is 7.91. The minimum Gasteiger partial charge on any atom is -0.310 e. The molecule has 1 aromatic rings. The van der Waals surface area contributed by atoms with Gasteiger partial charge in [0.1, 0.15) is 0 Å². The van der Waals surface area contributed by atoms with Gasteiger partial charge >= 0.3 is 0 Å². The second kappa shape index (κ2) is 8.95. The Morgan fingerprint density at radius 2 is 1.95 bits per heavy atom. The maximum absolute atomic E-state index is 3.85. The third kappa shape index (κ3) is 4.82. The second-order valence-electron chi connectivity index (χ2n) is 6.79. The molecule has 0 amide bonds. The van der Waals surface area contributed by atoms with Crippen molar-refractivity contribution in [1.29, 1.82) is 0 Å². The molecule has 1 saturated carbocycles. The predicted molar refractivity (Wildman–Crippen MR) is 95.1 cm³/mol. The first-order valence-corrected chi connectivity index (χ1v) is 9.91. The molecular weight excluding hydrogens is 274 g/mol. The van der Waals surface area contributed by atoms with E-state index in [2.05, 4.69) is 37.5 Å². The molecule has 1 aliphatic rings. The number of hydrogen-bond acceptors (Lipinski definition) is 2. The van der Waals surface area contributed by atoms with Gasteiger partial charge in [0.15, 0.2) is 0 Å². The van der Waals surface area contributed by atoms with Crippen LogP contribution in [0.1, 0.15) is 81.7 Å². The molecule has 0 radical (unpaired) electrons. The summed E-state index contributed by atoms with van der Waals surface area (Å²) in [7, 11) is 0. The van der Waals surface area contributed by atoms with Gasteiger partial charge < -0.3 is 5.32 Å². The summed E-state index contributed by atoms with van der Waals surface area (Å²) in [4.78, 5) is 1.51. The van der Waals surface area contributed by atoms with Gasteiger partial charge in [-0.25, -0.2) is 0 Å². The van der Waals surface area contributed by atoms with E-state index in [1.54, 1.807) is 5.56 Å². The first-order valence-electron chi connectivity index (χ1n) is 9.03. The van der Waals surface area contributed by atoms with Gasteiger partial charge in [0.05, 0.1) is 0 Å². The molecule has 1 aromatic heterocycles. The summed E-state index contributed by atoms with van der Waals surface area (Å²) in [5.41, 5.74) is 1.57. The van der Waals surface area contributed by atoms with Gasteiger partial charge in [0.25, 0.3) is 0 Å². The summed E-state index contributed by atoms with van der Waals surface area (Å²) in [5, 5.41) is 6.11. The first-order chi connectivity index (χ1) is 10.3. The minimum absolute atomic E-state index is 0.600. The molecule has 21 heavy (non-hydrogen) atoms. The lowest BCUT2D eigenvalue weighted by Crippen LogP contribution is -2.31. The van der Waals surface area contributed by atoms with Crippen LogP contribution in [0.5, 0.6) is 0 Å². The summed E-state index contributed by atoms with van der Waals surface area (Å²) in [6.07, 6.45) is 11.2. The van der Waals surface area contributed by atoms with Crippen LogP contribution in [-0.4, -0.2) is 6.54 Å². The van der Waals surface area contributed by atoms with Gasteiger partial charge in [-0.15, -0.1) is 11.3 Å². The molecule has 0 saturated heterocycles. The summed E-state index contributed by atoms with van der Waals surface area (Å²) in [5.74, 6) is 1.86. The Balaban J connectivity index is 1.94. The van der Waals surface area contributed by atoms with Crippen LogP contribution in [0.15, 0.2) is 11.4 Å². The fourth-order valence-corrected chi connectivity index (χ4v) is 4.60. The van der Waals surface area contributed by atoms with Crippen molar-refractivity contribution >= 4 is 11.3 Å². The van der Waals surface area contributed by atoms with E-state index in [4.69, 9.17) is 0 Å². The highest BCUT2D eigenvalue weighted by molar-refractivity contribution is 7.10. The van der Waals surface area contributed by atoms with E-state index in [9.17, 15) is 0 Å². The molecule has 0 aromatic carbocycles. The molecular formula is C19H33NS. The zero-order valence-electron chi connectivity index (χ0n) is 14.2. The average Bonchev–Trinajstić information content (AvgIpc) is 2.93. The largest absolute Gasteiger partial charge is 0.310 e. The number of aryl methyl sites for hydroxylation is 1. The molecule has 1 N–H and O–H groups in total. The van der Waals surface area contributed by atoms with Crippen molar-refractivity contribution in [2.75, 3.05) is 6.54 Å². The Kier molecular flexibility index (Phi) is 7.25. The van der Waals surface area contributed by atoms with Crippen LogP contribution in [0.25, 0.3) is 0 Å². The highest BCUT2D eigenvalue weighted by Gasteiger charge is 2.29. The SMILES string of the molecule is CCCCC1CCC(C(NCCC)c2ccsc2C)CC1. The van der Waals surface area contributed by atoms with Gasteiger partial charge in [-0.2, -0.15) is 0 Å². The van der Waals surface area contributed by atoms with Crippen LogP contribution >= 0.6 is 11.3 Å². The Morgan fingerprint density at radius 3 is 2.52 bits per heavy atom. The molecule has 2 heteroatoms. The van der Waals surface area contributed by atoms with Crippen LogP contribution in [0.3, 0.4) is 0 Å². The van der Waals surface area contributed by atoms with Crippen molar-refractivity contribution in [3.8, 4) is 0 Å². The normalized spacial score (nSPS) is 24.1. The zero-order chi connectivity index (χ0) is 15.1. The average molecular weight is 308 g/mol. The summed E-state index contributed by atoms with van der Waals surface area (Å²) in [6.45, 7) is 8.02. The smallest absolute Gasteiger partial charge is 0.0359 e. The number of nitrogens with one attached hydrogen (secondary N) is 1. The summed E-state index contributed by atoms with van der Waals surface area (Å²) < 4.78 is 0. The van der Waals surface area contributed by atoms with Gasteiger partial charge in [-0.1, -0.05) is 46.0 Å². The van der Waals surface area contributed by atoms with Crippen molar-refractivity contribution < 1.29 is 0 Å². The van der Waals surface area contributed by atoms with Gasteiger partial charge in [-0.05, 0) is 61.6 Å². The predicted octanol–water partition coefficient (Wildman–Crippen LogP) is 6.09. The molecule has 1 aliphatic carbocycles. The molecule has 120 valence electrons. The molecule has 1 nitrogen and oxygen atoms in total. The lowest BCUT2D eigenvalue weighted by atomic mass is 9.75. The molecule has 1 atom stereocenters. The zero-order valence-corrected chi connectivity index (χ0v) is 15.0. The van der Waals surface area contributed by atoms with Crippen LogP contribution in [-0.2, 0) is 0 Å². The third-order valence-corrected chi connectivity index (χ3v) is 6.04. The van der Waals surface area contributed by atoms with E-state index in [-0.39, 0.29) is 0 Å². The molecule has 0 bridgehead atoms. The molecule has 1 fully saturated rings. The summed E-state index contributed by atoms with van der Waals surface area (Å²) in [6, 6.07) is 2.96. The topological polar surface area (TPSA) is 12.0 Å². The number of hydrogen-bond donors (Lipinski definition) is 1. The number of thiophene rings is 1. The van der Waals surface area contributed by atoms with Crippen molar-refractivity contribution in [3.63, 3.8) is 0 Å². The van der Waals surface area contributed by atoms with Crippen molar-refractivity contribution in [3.05, 3.63) is 21.9 Å². The van der Waals surface area contributed by atoms with E-state index >= 15 is 0 Å². The van der Waals surface area contributed by atoms with Crippen LogP contribution in [0.4, 0.5) is 0 Å². The lowest BCUT2D eigenvalue weighted by molar-refractivity contribution is 0.213. The van der Waals surface area contributed by atoms with Crippen molar-refractivity contribution in [2.45, 2.75) is 78.2 Å². The molecule has 1 heterocycles.